The number of nitrogens with one attached hydrogen (secondary N) is 1. The maximum atomic E-state index is 12.0. The van der Waals surface area contributed by atoms with Crippen LogP contribution < -0.4 is 5.43 Å². The van der Waals surface area contributed by atoms with Crippen molar-refractivity contribution >= 4 is 34.9 Å². The molecule has 1 N–H and O–H groups in total. The van der Waals surface area contributed by atoms with Gasteiger partial charge in [-0.15, -0.1) is 11.8 Å². The molecule has 5 nitrogen and oxygen atoms in total. The van der Waals surface area contributed by atoms with Crippen molar-refractivity contribution in [3.05, 3.63) is 60.4 Å². The van der Waals surface area contributed by atoms with Crippen LogP contribution in [0.5, 0.6) is 0 Å². The highest BCUT2D eigenvalue weighted by molar-refractivity contribution is 7.98. The Labute approximate surface area is 138 Å². The number of amides is 1. The maximum Gasteiger partial charge on any atom is 0.260 e. The minimum Gasteiger partial charge on any atom is -0.321 e. The summed E-state index contributed by atoms with van der Waals surface area (Å²) < 4.78 is 1.80. The van der Waals surface area contributed by atoms with Crippen molar-refractivity contribution in [3.63, 3.8) is 0 Å². The Bertz CT molecular complexity index is 839. The van der Waals surface area contributed by atoms with E-state index >= 15 is 0 Å². The summed E-state index contributed by atoms with van der Waals surface area (Å²) in [6, 6.07) is 15.7. The molecule has 116 valence electrons. The minimum atomic E-state index is -0.190. The Kier molecular flexibility index (Phi) is 4.73. The van der Waals surface area contributed by atoms with E-state index in [1.165, 1.54) is 4.90 Å². The van der Waals surface area contributed by atoms with Crippen molar-refractivity contribution < 1.29 is 4.79 Å². The third kappa shape index (κ3) is 3.78. The fourth-order valence-corrected chi connectivity index (χ4v) is 2.60. The molecule has 1 aromatic heterocycles. The average Bonchev–Trinajstić information content (AvgIpc) is 2.99. The first kappa shape index (κ1) is 15.3. The fraction of sp³-hybridized carbons (Fsp3) is 0.118. The number of fused-ring (bicyclic) bond motifs is 1. The number of carbonyl (C=O) groups excluding carboxylic acids is 1. The van der Waals surface area contributed by atoms with Crippen LogP contribution in [0, 0.1) is 0 Å². The number of imidazole rings is 1. The SMILES string of the molecule is CSc1ccc(/C=N/NC(=O)Cn2cnc3ccccc32)cc1. The second-order valence-electron chi connectivity index (χ2n) is 4.93. The van der Waals surface area contributed by atoms with E-state index in [-0.39, 0.29) is 12.5 Å². The van der Waals surface area contributed by atoms with Crippen LogP contribution in [0.4, 0.5) is 0 Å². The van der Waals surface area contributed by atoms with Gasteiger partial charge in [0.05, 0.1) is 23.6 Å². The molecule has 1 heterocycles. The van der Waals surface area contributed by atoms with E-state index in [0.717, 1.165) is 16.6 Å². The molecule has 0 aliphatic heterocycles. The second kappa shape index (κ2) is 7.11. The molecule has 6 heteroatoms. The zero-order valence-corrected chi connectivity index (χ0v) is 13.5. The van der Waals surface area contributed by atoms with Crippen molar-refractivity contribution in [2.75, 3.05) is 6.26 Å². The highest BCUT2D eigenvalue weighted by Gasteiger charge is 2.05. The molecule has 0 radical (unpaired) electrons. The third-order valence-corrected chi connectivity index (χ3v) is 4.10. The third-order valence-electron chi connectivity index (χ3n) is 3.36. The van der Waals surface area contributed by atoms with Crippen molar-refractivity contribution in [2.24, 2.45) is 5.10 Å². The smallest absolute Gasteiger partial charge is 0.260 e. The molecule has 0 bridgehead atoms. The van der Waals surface area contributed by atoms with Gasteiger partial charge in [-0.1, -0.05) is 24.3 Å². The molecule has 0 saturated carbocycles. The molecule has 3 rings (SSSR count). The zero-order valence-electron chi connectivity index (χ0n) is 12.6. The quantitative estimate of drug-likeness (QED) is 0.446. The normalized spacial score (nSPS) is 11.2. The van der Waals surface area contributed by atoms with Crippen LogP contribution in [-0.2, 0) is 11.3 Å². The second-order valence-corrected chi connectivity index (χ2v) is 5.81. The van der Waals surface area contributed by atoms with Crippen molar-refractivity contribution in [1.82, 2.24) is 15.0 Å². The molecule has 0 atom stereocenters. The summed E-state index contributed by atoms with van der Waals surface area (Å²) >= 11 is 1.69. The monoisotopic (exact) mass is 324 g/mol. The predicted molar refractivity (Wildman–Crippen MR) is 93.7 cm³/mol. The Morgan fingerprint density at radius 1 is 1.26 bits per heavy atom. The number of hydrogen-bond donors (Lipinski definition) is 1. The molecule has 0 fully saturated rings. The van der Waals surface area contributed by atoms with Gasteiger partial charge in [0.15, 0.2) is 0 Å². The molecule has 23 heavy (non-hydrogen) atoms. The first-order chi connectivity index (χ1) is 11.3. The molecule has 3 aromatic rings. The van der Waals surface area contributed by atoms with E-state index in [2.05, 4.69) is 15.5 Å². The lowest BCUT2D eigenvalue weighted by atomic mass is 10.2. The van der Waals surface area contributed by atoms with Crippen molar-refractivity contribution in [3.8, 4) is 0 Å². The van der Waals surface area contributed by atoms with Gasteiger partial charge in [-0.25, -0.2) is 10.4 Å². The first-order valence-electron chi connectivity index (χ1n) is 7.12. The maximum absolute atomic E-state index is 12.0. The number of hydrazone groups is 1. The Balaban J connectivity index is 1.59. The lowest BCUT2D eigenvalue weighted by Crippen LogP contribution is -2.22. The summed E-state index contributed by atoms with van der Waals surface area (Å²) in [7, 11) is 0. The van der Waals surface area contributed by atoms with Crippen LogP contribution in [0.15, 0.2) is 64.9 Å². The Morgan fingerprint density at radius 2 is 2.04 bits per heavy atom. The largest absolute Gasteiger partial charge is 0.321 e. The number of carbonyl (C=O) groups is 1. The van der Waals surface area contributed by atoms with E-state index in [9.17, 15) is 4.79 Å². The summed E-state index contributed by atoms with van der Waals surface area (Å²) in [5.41, 5.74) is 5.28. The van der Waals surface area contributed by atoms with Crippen LogP contribution in [0.3, 0.4) is 0 Å². The summed E-state index contributed by atoms with van der Waals surface area (Å²) in [4.78, 5) is 17.4. The van der Waals surface area contributed by atoms with Crippen LogP contribution in [0.25, 0.3) is 11.0 Å². The number of hydrogen-bond acceptors (Lipinski definition) is 4. The van der Waals surface area contributed by atoms with Gasteiger partial charge in [-0.05, 0) is 36.1 Å². The first-order valence-corrected chi connectivity index (χ1v) is 8.34. The van der Waals surface area contributed by atoms with Gasteiger partial charge in [-0.3, -0.25) is 4.79 Å². The average molecular weight is 324 g/mol. The van der Waals surface area contributed by atoms with E-state index < -0.39 is 0 Å². The van der Waals surface area contributed by atoms with E-state index in [1.54, 1.807) is 28.9 Å². The highest BCUT2D eigenvalue weighted by Crippen LogP contribution is 2.14. The van der Waals surface area contributed by atoms with Crippen LogP contribution in [-0.4, -0.2) is 27.9 Å². The molecule has 0 aliphatic rings. The zero-order chi connectivity index (χ0) is 16.1. The number of aromatic nitrogens is 2. The Morgan fingerprint density at radius 3 is 2.83 bits per heavy atom. The van der Waals surface area contributed by atoms with Gasteiger partial charge in [0.1, 0.15) is 6.54 Å². The molecular formula is C17H16N4OS. The van der Waals surface area contributed by atoms with Crippen molar-refractivity contribution in [2.45, 2.75) is 11.4 Å². The fourth-order valence-electron chi connectivity index (χ4n) is 2.20. The van der Waals surface area contributed by atoms with Crippen LogP contribution in [0.1, 0.15) is 5.56 Å². The van der Waals surface area contributed by atoms with E-state index in [4.69, 9.17) is 0 Å². The van der Waals surface area contributed by atoms with Gasteiger partial charge in [0.25, 0.3) is 5.91 Å². The van der Waals surface area contributed by atoms with Gasteiger partial charge < -0.3 is 4.57 Å². The number of thioether (sulfide) groups is 1. The summed E-state index contributed by atoms with van der Waals surface area (Å²) in [5.74, 6) is -0.190. The molecule has 1 amide bonds. The van der Waals surface area contributed by atoms with Gasteiger partial charge >= 0.3 is 0 Å². The lowest BCUT2D eigenvalue weighted by Gasteiger charge is -2.03. The van der Waals surface area contributed by atoms with Gasteiger partial charge in [-0.2, -0.15) is 5.10 Å². The standard InChI is InChI=1S/C17H16N4OS/c1-23-14-8-6-13(7-9-14)10-19-20-17(22)11-21-12-18-15-4-2-3-5-16(15)21/h2-10,12H,11H2,1H3,(H,20,22)/b19-10+. The molecular weight excluding hydrogens is 308 g/mol. The van der Waals surface area contributed by atoms with Gasteiger partial charge in [0, 0.05) is 4.90 Å². The molecule has 0 aliphatic carbocycles. The van der Waals surface area contributed by atoms with Crippen LogP contribution >= 0.6 is 11.8 Å². The summed E-state index contributed by atoms with van der Waals surface area (Å²) in [6.07, 6.45) is 5.33. The number of para-hydroxylation sites is 2. The van der Waals surface area contributed by atoms with Crippen molar-refractivity contribution in [1.29, 1.82) is 0 Å². The molecule has 2 aromatic carbocycles. The summed E-state index contributed by atoms with van der Waals surface area (Å²) in [6.45, 7) is 0.184. The van der Waals surface area contributed by atoms with E-state index in [1.807, 2.05) is 54.8 Å². The Hall–Kier alpha value is -2.60. The minimum absolute atomic E-state index is 0.184. The summed E-state index contributed by atoms with van der Waals surface area (Å²) in [5, 5.41) is 3.99. The molecule has 0 unspecified atom stereocenters. The lowest BCUT2D eigenvalue weighted by molar-refractivity contribution is -0.121. The van der Waals surface area contributed by atoms with E-state index in [0.29, 0.717) is 0 Å². The molecule has 0 saturated heterocycles. The van der Waals surface area contributed by atoms with Gasteiger partial charge in [0.2, 0.25) is 0 Å². The van der Waals surface area contributed by atoms with Crippen LogP contribution in [0.2, 0.25) is 0 Å². The predicted octanol–water partition coefficient (Wildman–Crippen LogP) is 2.91. The highest BCUT2D eigenvalue weighted by atomic mass is 32.2. The molecule has 0 spiro atoms. The number of nitrogens with zero attached hydrogens (tertiary/aromatic N) is 3. The topological polar surface area (TPSA) is 59.3 Å². The number of rotatable bonds is 5. The number of benzene rings is 2.